The van der Waals surface area contributed by atoms with E-state index in [1.165, 1.54) is 0 Å². The van der Waals surface area contributed by atoms with Crippen LogP contribution in [0.4, 0.5) is 4.79 Å². The zero-order chi connectivity index (χ0) is 11.8. The molecule has 2 aliphatic heterocycles. The number of ether oxygens (including phenoxy) is 3. The zero-order valence-electron chi connectivity index (χ0n) is 10.2. The molecule has 0 aromatic rings. The highest BCUT2D eigenvalue weighted by Gasteiger charge is 2.47. The Morgan fingerprint density at radius 3 is 2.44 bits per heavy atom. The van der Waals surface area contributed by atoms with Gasteiger partial charge >= 0.3 is 6.16 Å². The van der Waals surface area contributed by atoms with E-state index in [0.29, 0.717) is 12.7 Å². The number of carbonyl (C=O) groups is 1. The largest absolute Gasteiger partial charge is 0.508 e. The first-order chi connectivity index (χ1) is 7.39. The van der Waals surface area contributed by atoms with Gasteiger partial charge in [0.25, 0.3) is 0 Å². The van der Waals surface area contributed by atoms with E-state index in [9.17, 15) is 4.79 Å². The molecule has 0 radical (unpaired) electrons. The van der Waals surface area contributed by atoms with Crippen molar-refractivity contribution in [2.45, 2.75) is 63.8 Å². The summed E-state index contributed by atoms with van der Waals surface area (Å²) in [6.45, 7) is 5.80. The van der Waals surface area contributed by atoms with Gasteiger partial charge in [0.2, 0.25) is 0 Å². The van der Waals surface area contributed by atoms with Crippen LogP contribution in [0.15, 0.2) is 0 Å². The molecule has 92 valence electrons. The second-order valence-electron chi connectivity index (χ2n) is 5.75. The second kappa shape index (κ2) is 3.91. The van der Waals surface area contributed by atoms with E-state index in [4.69, 9.17) is 14.2 Å². The molecule has 0 aliphatic carbocycles. The molecule has 0 saturated carbocycles. The summed E-state index contributed by atoms with van der Waals surface area (Å²) in [6.07, 6.45) is 3.99. The van der Waals surface area contributed by atoms with Crippen molar-refractivity contribution in [3.8, 4) is 0 Å². The maximum atomic E-state index is 11.4. The van der Waals surface area contributed by atoms with E-state index in [0.717, 1.165) is 25.7 Å². The summed E-state index contributed by atoms with van der Waals surface area (Å²) in [5.41, 5.74) is -0.703. The lowest BCUT2D eigenvalue weighted by Gasteiger charge is -2.25. The van der Waals surface area contributed by atoms with E-state index in [2.05, 4.69) is 0 Å². The molecule has 0 amide bonds. The number of rotatable bonds is 2. The fraction of sp³-hybridized carbons (Fsp3) is 0.917. The van der Waals surface area contributed by atoms with Crippen LogP contribution in [-0.2, 0) is 14.2 Å². The van der Waals surface area contributed by atoms with E-state index in [1.807, 2.05) is 20.8 Å². The predicted octanol–water partition coefficient (Wildman–Crippen LogP) is 2.65. The number of hydrogen-bond donors (Lipinski definition) is 0. The Hall–Kier alpha value is -0.770. The lowest BCUT2D eigenvalue weighted by Crippen LogP contribution is -2.34. The second-order valence-corrected chi connectivity index (χ2v) is 5.75. The van der Waals surface area contributed by atoms with Gasteiger partial charge in [0.15, 0.2) is 0 Å². The first-order valence-electron chi connectivity index (χ1n) is 5.92. The fourth-order valence-corrected chi connectivity index (χ4v) is 2.35. The molecule has 16 heavy (non-hydrogen) atoms. The summed E-state index contributed by atoms with van der Waals surface area (Å²) in [6, 6.07) is 0. The molecule has 2 rings (SSSR count). The van der Waals surface area contributed by atoms with Gasteiger partial charge in [-0.05, 0) is 46.5 Å². The predicted molar refractivity (Wildman–Crippen MR) is 58.3 cm³/mol. The summed E-state index contributed by atoms with van der Waals surface area (Å²) in [4.78, 5) is 11.4. The molecule has 0 N–H and O–H groups in total. The van der Waals surface area contributed by atoms with Gasteiger partial charge in [-0.1, -0.05) is 0 Å². The minimum absolute atomic E-state index is 0.207. The van der Waals surface area contributed by atoms with Crippen LogP contribution in [0.3, 0.4) is 0 Å². The smallest absolute Gasteiger partial charge is 0.431 e. The van der Waals surface area contributed by atoms with Gasteiger partial charge < -0.3 is 14.2 Å². The summed E-state index contributed by atoms with van der Waals surface area (Å²) in [7, 11) is 0. The fourth-order valence-electron chi connectivity index (χ4n) is 2.35. The highest BCUT2D eigenvalue weighted by atomic mass is 16.7. The molecule has 2 bridgehead atoms. The molecule has 0 atom stereocenters. The molecule has 2 aliphatic rings. The zero-order valence-corrected chi connectivity index (χ0v) is 10.2. The van der Waals surface area contributed by atoms with Crippen LogP contribution in [0.5, 0.6) is 0 Å². The summed E-state index contributed by atoms with van der Waals surface area (Å²) < 4.78 is 16.0. The highest BCUT2D eigenvalue weighted by molar-refractivity contribution is 5.60. The van der Waals surface area contributed by atoms with Crippen LogP contribution in [0, 0.1) is 0 Å². The number of fused-ring (bicyclic) bond motifs is 2. The monoisotopic (exact) mass is 228 g/mol. The van der Waals surface area contributed by atoms with Crippen molar-refractivity contribution < 1.29 is 19.0 Å². The Morgan fingerprint density at radius 1 is 1.38 bits per heavy atom. The van der Waals surface area contributed by atoms with Gasteiger partial charge in [0.05, 0.1) is 6.10 Å². The molecule has 0 unspecified atom stereocenters. The van der Waals surface area contributed by atoms with Gasteiger partial charge in [-0.3, -0.25) is 0 Å². The summed E-state index contributed by atoms with van der Waals surface area (Å²) in [5.74, 6) is 0. The van der Waals surface area contributed by atoms with Crippen molar-refractivity contribution in [2.75, 3.05) is 6.61 Å². The Balaban J connectivity index is 1.77. The van der Waals surface area contributed by atoms with Gasteiger partial charge in [0, 0.05) is 0 Å². The minimum atomic E-state index is -0.596. The van der Waals surface area contributed by atoms with Crippen molar-refractivity contribution in [1.82, 2.24) is 0 Å². The Kier molecular flexibility index (Phi) is 2.86. The van der Waals surface area contributed by atoms with Crippen LogP contribution in [0.1, 0.15) is 46.5 Å². The number of hydrogen-bond acceptors (Lipinski definition) is 4. The highest BCUT2D eigenvalue weighted by Crippen LogP contribution is 2.43. The molecule has 0 aromatic carbocycles. The molecule has 0 aromatic heterocycles. The van der Waals surface area contributed by atoms with Crippen molar-refractivity contribution in [1.29, 1.82) is 0 Å². The maximum Gasteiger partial charge on any atom is 0.508 e. The van der Waals surface area contributed by atoms with Crippen molar-refractivity contribution in [2.24, 2.45) is 0 Å². The molecule has 0 spiro atoms. The first kappa shape index (κ1) is 11.7. The van der Waals surface area contributed by atoms with E-state index in [-0.39, 0.29) is 5.60 Å². The topological polar surface area (TPSA) is 44.8 Å². The third-order valence-electron chi connectivity index (χ3n) is 3.10. The van der Waals surface area contributed by atoms with E-state index in [1.54, 1.807) is 0 Å². The molecule has 4 heteroatoms. The van der Waals surface area contributed by atoms with Gasteiger partial charge in [-0.15, -0.1) is 0 Å². The van der Waals surface area contributed by atoms with Gasteiger partial charge in [0.1, 0.15) is 17.8 Å². The normalized spacial score (nSPS) is 32.8. The summed E-state index contributed by atoms with van der Waals surface area (Å²) in [5, 5.41) is 0. The average Bonchev–Trinajstić information content (AvgIpc) is 2.72. The van der Waals surface area contributed by atoms with Crippen molar-refractivity contribution >= 4 is 6.16 Å². The molecular weight excluding hydrogens is 208 g/mol. The molecular formula is C12H20O4. The molecule has 2 heterocycles. The lowest BCUT2D eigenvalue weighted by molar-refractivity contribution is -0.0640. The minimum Gasteiger partial charge on any atom is -0.431 e. The molecule has 4 nitrogen and oxygen atoms in total. The SMILES string of the molecule is CC(C)(C)OC(=O)OCC12CCC(CC1)O2. The van der Waals surface area contributed by atoms with Crippen molar-refractivity contribution in [3.05, 3.63) is 0 Å². The first-order valence-corrected chi connectivity index (χ1v) is 5.92. The number of carbonyl (C=O) groups excluding carboxylic acids is 1. The van der Waals surface area contributed by atoms with Crippen molar-refractivity contribution in [3.63, 3.8) is 0 Å². The Labute approximate surface area is 96.2 Å². The van der Waals surface area contributed by atoms with Crippen LogP contribution in [-0.4, -0.2) is 30.1 Å². The molecule has 2 saturated heterocycles. The standard InChI is InChI=1S/C12H20O4/c1-11(2,3)16-10(13)14-8-12-6-4-9(15-12)5-7-12/h9H,4-8H2,1-3H3. The average molecular weight is 228 g/mol. The third kappa shape index (κ3) is 2.67. The third-order valence-corrected chi connectivity index (χ3v) is 3.10. The van der Waals surface area contributed by atoms with Gasteiger partial charge in [-0.2, -0.15) is 0 Å². The van der Waals surface area contributed by atoms with Crippen LogP contribution < -0.4 is 0 Å². The Bertz CT molecular complexity index is 271. The van der Waals surface area contributed by atoms with Crippen LogP contribution in [0.2, 0.25) is 0 Å². The van der Waals surface area contributed by atoms with Gasteiger partial charge in [-0.25, -0.2) is 4.79 Å². The van der Waals surface area contributed by atoms with Crippen LogP contribution >= 0.6 is 0 Å². The Morgan fingerprint density at radius 2 is 2.00 bits per heavy atom. The molecule has 2 fully saturated rings. The van der Waals surface area contributed by atoms with E-state index < -0.39 is 11.8 Å². The van der Waals surface area contributed by atoms with Crippen LogP contribution in [0.25, 0.3) is 0 Å². The lowest BCUT2D eigenvalue weighted by atomic mass is 9.89. The van der Waals surface area contributed by atoms with E-state index >= 15 is 0 Å². The summed E-state index contributed by atoms with van der Waals surface area (Å²) >= 11 is 0. The quantitative estimate of drug-likeness (QED) is 0.681. The maximum absolute atomic E-state index is 11.4.